The Morgan fingerprint density at radius 2 is 1.56 bits per heavy atom. The second-order valence-electron chi connectivity index (χ2n) is 5.27. The molecule has 1 amide bonds. The van der Waals surface area contributed by atoms with E-state index in [-0.39, 0.29) is 29.2 Å². The fraction of sp³-hybridized carbons (Fsp3) is 0.158. The van der Waals surface area contributed by atoms with Gasteiger partial charge in [0, 0.05) is 5.69 Å². The third kappa shape index (κ3) is 5.15. The minimum Gasteiger partial charge on any atom is -0.483 e. The van der Waals surface area contributed by atoms with E-state index in [4.69, 9.17) is 4.74 Å². The molecule has 0 radical (unpaired) electrons. The average Bonchev–Trinajstić information content (AvgIpc) is 2.70. The lowest BCUT2D eigenvalue weighted by atomic mass is 10.1. The first-order valence-electron chi connectivity index (χ1n) is 7.77. The maximum Gasteiger partial charge on any atom is 0.337 e. The lowest BCUT2D eigenvalue weighted by molar-refractivity contribution is -0.118. The van der Waals surface area contributed by atoms with E-state index in [0.717, 1.165) is 0 Å². The third-order valence-electron chi connectivity index (χ3n) is 3.46. The summed E-state index contributed by atoms with van der Waals surface area (Å²) < 4.78 is 14.6. The van der Waals surface area contributed by atoms with Crippen LogP contribution in [-0.2, 0) is 14.3 Å². The summed E-state index contributed by atoms with van der Waals surface area (Å²) in [5.41, 5.74) is 0.646. The van der Waals surface area contributed by atoms with Crippen LogP contribution in [0.1, 0.15) is 31.1 Å². The van der Waals surface area contributed by atoms with Gasteiger partial charge in [-0.2, -0.15) is 0 Å². The van der Waals surface area contributed by atoms with Crippen LogP contribution in [-0.4, -0.2) is 45.0 Å². The monoisotopic (exact) mass is 371 g/mol. The molecule has 0 unspecified atom stereocenters. The summed E-state index contributed by atoms with van der Waals surface area (Å²) in [5, 5.41) is 2.52. The molecule has 0 aromatic heterocycles. The number of ether oxygens (including phenoxy) is 3. The quantitative estimate of drug-likeness (QED) is 0.586. The highest BCUT2D eigenvalue weighted by Crippen LogP contribution is 2.18. The fourth-order valence-corrected chi connectivity index (χ4v) is 2.22. The Kier molecular flexibility index (Phi) is 6.65. The van der Waals surface area contributed by atoms with Crippen molar-refractivity contribution in [1.29, 1.82) is 0 Å². The van der Waals surface area contributed by atoms with Gasteiger partial charge < -0.3 is 19.5 Å². The van der Waals surface area contributed by atoms with Crippen LogP contribution in [0.15, 0.2) is 42.5 Å². The van der Waals surface area contributed by atoms with Crippen molar-refractivity contribution >= 4 is 29.8 Å². The molecule has 2 aromatic carbocycles. The second-order valence-corrected chi connectivity index (χ2v) is 5.27. The summed E-state index contributed by atoms with van der Waals surface area (Å²) in [6, 6.07) is 10.5. The lowest BCUT2D eigenvalue weighted by Gasteiger charge is -2.11. The van der Waals surface area contributed by atoms with Crippen LogP contribution in [0.5, 0.6) is 5.75 Å². The molecule has 0 aliphatic rings. The molecule has 2 rings (SSSR count). The topological polar surface area (TPSA) is 108 Å². The zero-order valence-electron chi connectivity index (χ0n) is 14.7. The van der Waals surface area contributed by atoms with Crippen LogP contribution in [0.3, 0.4) is 0 Å². The van der Waals surface area contributed by atoms with E-state index < -0.39 is 17.8 Å². The predicted molar refractivity (Wildman–Crippen MR) is 95.1 cm³/mol. The normalized spacial score (nSPS) is 9.85. The van der Waals surface area contributed by atoms with Crippen LogP contribution in [0.4, 0.5) is 5.69 Å². The summed E-state index contributed by atoms with van der Waals surface area (Å²) >= 11 is 0. The SMILES string of the molecule is COC(=O)c1cc(NC(=O)COc2ccccc2C=O)cc(C(=O)OC)c1. The number of aldehydes is 1. The van der Waals surface area contributed by atoms with Crippen molar-refractivity contribution in [2.45, 2.75) is 0 Å². The van der Waals surface area contributed by atoms with E-state index >= 15 is 0 Å². The van der Waals surface area contributed by atoms with Gasteiger partial charge in [-0.25, -0.2) is 9.59 Å². The number of anilines is 1. The van der Waals surface area contributed by atoms with Crippen molar-refractivity contribution < 1.29 is 33.4 Å². The largest absolute Gasteiger partial charge is 0.483 e. The van der Waals surface area contributed by atoms with E-state index in [1.807, 2.05) is 0 Å². The minimum atomic E-state index is -0.674. The van der Waals surface area contributed by atoms with E-state index in [1.54, 1.807) is 24.3 Å². The number of carbonyl (C=O) groups excluding carboxylic acids is 4. The van der Waals surface area contributed by atoms with Crippen molar-refractivity contribution in [3.8, 4) is 5.75 Å². The number of benzene rings is 2. The Bertz CT molecular complexity index is 842. The number of nitrogens with one attached hydrogen (secondary N) is 1. The van der Waals surface area contributed by atoms with E-state index in [0.29, 0.717) is 11.8 Å². The summed E-state index contributed by atoms with van der Waals surface area (Å²) in [5.74, 6) is -1.63. The van der Waals surface area contributed by atoms with Gasteiger partial charge >= 0.3 is 11.9 Å². The maximum absolute atomic E-state index is 12.1. The molecule has 0 aliphatic carbocycles. The van der Waals surface area contributed by atoms with Crippen molar-refractivity contribution in [1.82, 2.24) is 0 Å². The second kappa shape index (κ2) is 9.14. The van der Waals surface area contributed by atoms with Gasteiger partial charge in [-0.15, -0.1) is 0 Å². The molecule has 0 saturated heterocycles. The van der Waals surface area contributed by atoms with Crippen LogP contribution in [0.25, 0.3) is 0 Å². The predicted octanol–water partition coefficient (Wildman–Crippen LogP) is 2.09. The molecule has 0 atom stereocenters. The Labute approximate surface area is 155 Å². The number of amides is 1. The summed E-state index contributed by atoms with van der Waals surface area (Å²) in [7, 11) is 2.40. The number of para-hydroxylation sites is 1. The summed E-state index contributed by atoms with van der Waals surface area (Å²) in [4.78, 5) is 46.6. The van der Waals surface area contributed by atoms with Crippen LogP contribution in [0.2, 0.25) is 0 Å². The molecule has 0 fully saturated rings. The van der Waals surface area contributed by atoms with Gasteiger partial charge in [0.1, 0.15) is 5.75 Å². The molecular weight excluding hydrogens is 354 g/mol. The standard InChI is InChI=1S/C19H17NO7/c1-25-18(23)13-7-14(19(24)26-2)9-15(8-13)20-17(22)11-27-16-6-4-3-5-12(16)10-21/h3-10H,11H2,1-2H3,(H,20,22). The Balaban J connectivity index is 2.15. The summed E-state index contributed by atoms with van der Waals surface area (Å²) in [6.45, 7) is -0.374. The van der Waals surface area contributed by atoms with Gasteiger partial charge in [-0.1, -0.05) is 12.1 Å². The number of carbonyl (C=O) groups is 4. The smallest absolute Gasteiger partial charge is 0.337 e. The first-order valence-corrected chi connectivity index (χ1v) is 7.77. The van der Waals surface area contributed by atoms with Crippen molar-refractivity contribution in [3.05, 3.63) is 59.2 Å². The molecule has 140 valence electrons. The molecule has 8 heteroatoms. The van der Waals surface area contributed by atoms with Crippen molar-refractivity contribution in [2.75, 3.05) is 26.1 Å². The number of hydrogen-bond donors (Lipinski definition) is 1. The lowest BCUT2D eigenvalue weighted by Crippen LogP contribution is -2.21. The first kappa shape index (κ1) is 19.6. The number of hydrogen-bond acceptors (Lipinski definition) is 7. The van der Waals surface area contributed by atoms with E-state index in [1.165, 1.54) is 32.4 Å². The zero-order valence-corrected chi connectivity index (χ0v) is 14.7. The van der Waals surface area contributed by atoms with Crippen molar-refractivity contribution in [2.24, 2.45) is 0 Å². The molecule has 0 saturated carbocycles. The molecule has 8 nitrogen and oxygen atoms in total. The van der Waals surface area contributed by atoms with Gasteiger partial charge in [-0.05, 0) is 30.3 Å². The van der Waals surface area contributed by atoms with Crippen molar-refractivity contribution in [3.63, 3.8) is 0 Å². The van der Waals surface area contributed by atoms with Gasteiger partial charge in [0.05, 0.1) is 30.9 Å². The first-order chi connectivity index (χ1) is 13.0. The van der Waals surface area contributed by atoms with Crippen LogP contribution in [0, 0.1) is 0 Å². The van der Waals surface area contributed by atoms with Gasteiger partial charge in [-0.3, -0.25) is 9.59 Å². The number of methoxy groups -OCH3 is 2. The summed E-state index contributed by atoms with van der Waals surface area (Å²) in [6.07, 6.45) is 0.621. The molecular formula is C19H17NO7. The average molecular weight is 371 g/mol. The Hall–Kier alpha value is -3.68. The Morgan fingerprint density at radius 3 is 2.11 bits per heavy atom. The van der Waals surface area contributed by atoms with Crippen LogP contribution < -0.4 is 10.1 Å². The third-order valence-corrected chi connectivity index (χ3v) is 3.46. The number of rotatable bonds is 7. The molecule has 1 N–H and O–H groups in total. The maximum atomic E-state index is 12.1. The fourth-order valence-electron chi connectivity index (χ4n) is 2.22. The van der Waals surface area contributed by atoms with Gasteiger partial charge in [0.25, 0.3) is 5.91 Å². The highest BCUT2D eigenvalue weighted by Gasteiger charge is 2.15. The van der Waals surface area contributed by atoms with Gasteiger partial charge in [0.15, 0.2) is 12.9 Å². The molecule has 2 aromatic rings. The molecule has 0 aliphatic heterocycles. The molecule has 27 heavy (non-hydrogen) atoms. The Morgan fingerprint density at radius 1 is 0.963 bits per heavy atom. The number of esters is 2. The zero-order chi connectivity index (χ0) is 19.8. The van der Waals surface area contributed by atoms with E-state index in [2.05, 4.69) is 14.8 Å². The van der Waals surface area contributed by atoms with E-state index in [9.17, 15) is 19.2 Å². The highest BCUT2D eigenvalue weighted by atomic mass is 16.5. The van der Waals surface area contributed by atoms with Gasteiger partial charge in [0.2, 0.25) is 0 Å². The molecule has 0 heterocycles. The minimum absolute atomic E-state index is 0.0721. The molecule has 0 bridgehead atoms. The van der Waals surface area contributed by atoms with Crippen LogP contribution >= 0.6 is 0 Å². The molecule has 0 spiro atoms. The highest BCUT2D eigenvalue weighted by molar-refractivity contribution is 5.99.